The van der Waals surface area contributed by atoms with Gasteiger partial charge in [-0.05, 0) is 29.8 Å². The molecule has 0 aliphatic rings. The zero-order chi connectivity index (χ0) is 14.9. The van der Waals surface area contributed by atoms with Crippen molar-refractivity contribution in [2.75, 3.05) is 0 Å². The van der Waals surface area contributed by atoms with Crippen molar-refractivity contribution in [1.82, 2.24) is 14.8 Å². The predicted molar refractivity (Wildman–Crippen MR) is 83.4 cm³/mol. The molecule has 5 nitrogen and oxygen atoms in total. The molecule has 0 aliphatic heterocycles. The first kappa shape index (κ1) is 15.5. The fraction of sp³-hybridized carbons (Fsp3) is 0.417. The first-order valence-corrected chi connectivity index (χ1v) is 8.47. The van der Waals surface area contributed by atoms with E-state index in [1.165, 1.54) is 11.3 Å². The molecular formula is C12H14BrN3O2S2. The van der Waals surface area contributed by atoms with Crippen LogP contribution in [0.3, 0.4) is 0 Å². The van der Waals surface area contributed by atoms with Crippen LogP contribution in [0.15, 0.2) is 8.81 Å². The molecule has 0 spiro atoms. The molecule has 2 aromatic rings. The summed E-state index contributed by atoms with van der Waals surface area (Å²) in [5.74, 6) is -0.0736. The van der Waals surface area contributed by atoms with Crippen LogP contribution in [0.1, 0.15) is 22.0 Å². The molecule has 0 saturated carbocycles. The second kappa shape index (κ2) is 6.28. The van der Waals surface area contributed by atoms with Gasteiger partial charge in [-0.2, -0.15) is 5.10 Å². The first-order chi connectivity index (χ1) is 9.38. The van der Waals surface area contributed by atoms with Crippen molar-refractivity contribution in [2.24, 2.45) is 7.05 Å². The summed E-state index contributed by atoms with van der Waals surface area (Å²) in [4.78, 5) is 16.0. The summed E-state index contributed by atoms with van der Waals surface area (Å²) in [5, 5.41) is 13.2. The molecule has 0 unspecified atom stereocenters. The van der Waals surface area contributed by atoms with Gasteiger partial charge in [0.05, 0.1) is 28.0 Å². The molecule has 0 aromatic carbocycles. The highest BCUT2D eigenvalue weighted by Crippen LogP contribution is 2.32. The minimum absolute atomic E-state index is 0.0403. The molecule has 0 saturated heterocycles. The second-order valence-corrected chi connectivity index (χ2v) is 7.42. The maximum Gasteiger partial charge on any atom is 0.308 e. The normalized spacial score (nSPS) is 11.0. The van der Waals surface area contributed by atoms with Crippen molar-refractivity contribution >= 4 is 45.0 Å². The molecule has 8 heteroatoms. The third kappa shape index (κ3) is 3.42. The standard InChI is InChI=1S/C12H14BrN3O2S2/c1-6-9(4-10(17)18)20-12(14-6)19-5-8-11(13)7(2)15-16(8)3/h4-5H2,1-3H3,(H,17,18). The number of aryl methyl sites for hydroxylation is 3. The summed E-state index contributed by atoms with van der Waals surface area (Å²) in [5.41, 5.74) is 2.87. The van der Waals surface area contributed by atoms with Gasteiger partial charge in [0.1, 0.15) is 0 Å². The number of carbonyl (C=O) groups is 1. The number of aliphatic carboxylic acids is 1. The van der Waals surface area contributed by atoms with Gasteiger partial charge in [0.25, 0.3) is 0 Å². The largest absolute Gasteiger partial charge is 0.481 e. The number of hydrogen-bond acceptors (Lipinski definition) is 5. The van der Waals surface area contributed by atoms with E-state index in [0.29, 0.717) is 0 Å². The van der Waals surface area contributed by atoms with Crippen LogP contribution >= 0.6 is 39.0 Å². The molecule has 0 fully saturated rings. The van der Waals surface area contributed by atoms with Gasteiger partial charge in [-0.25, -0.2) is 4.98 Å². The Morgan fingerprint density at radius 2 is 2.15 bits per heavy atom. The van der Waals surface area contributed by atoms with E-state index >= 15 is 0 Å². The number of thioether (sulfide) groups is 1. The highest BCUT2D eigenvalue weighted by Gasteiger charge is 2.14. The summed E-state index contributed by atoms with van der Waals surface area (Å²) < 4.78 is 3.77. The Labute approximate surface area is 133 Å². The van der Waals surface area contributed by atoms with E-state index in [2.05, 4.69) is 26.0 Å². The maximum absolute atomic E-state index is 10.8. The van der Waals surface area contributed by atoms with Crippen LogP contribution in [0, 0.1) is 13.8 Å². The van der Waals surface area contributed by atoms with Gasteiger partial charge in [0, 0.05) is 17.7 Å². The smallest absolute Gasteiger partial charge is 0.308 e. The van der Waals surface area contributed by atoms with Crippen LogP contribution in [0.2, 0.25) is 0 Å². The van der Waals surface area contributed by atoms with E-state index in [9.17, 15) is 4.79 Å². The van der Waals surface area contributed by atoms with Crippen molar-refractivity contribution in [3.05, 3.63) is 26.4 Å². The van der Waals surface area contributed by atoms with E-state index in [4.69, 9.17) is 5.11 Å². The van der Waals surface area contributed by atoms with Crippen molar-refractivity contribution in [2.45, 2.75) is 30.4 Å². The summed E-state index contributed by atoms with van der Waals surface area (Å²) >= 11 is 6.59. The van der Waals surface area contributed by atoms with Crippen molar-refractivity contribution in [3.63, 3.8) is 0 Å². The van der Waals surface area contributed by atoms with Gasteiger partial charge in [-0.1, -0.05) is 11.8 Å². The lowest BCUT2D eigenvalue weighted by Crippen LogP contribution is -1.99. The molecule has 0 aliphatic carbocycles. The third-order valence-corrected chi connectivity index (χ3v) is 6.12. The number of hydrogen-bond donors (Lipinski definition) is 1. The van der Waals surface area contributed by atoms with E-state index < -0.39 is 5.97 Å². The molecule has 0 atom stereocenters. The molecule has 2 rings (SSSR count). The Balaban J connectivity index is 2.09. The van der Waals surface area contributed by atoms with Crippen LogP contribution in [-0.4, -0.2) is 25.8 Å². The van der Waals surface area contributed by atoms with Gasteiger partial charge in [0.15, 0.2) is 4.34 Å². The minimum atomic E-state index is -0.821. The van der Waals surface area contributed by atoms with Gasteiger partial charge >= 0.3 is 5.97 Å². The zero-order valence-electron chi connectivity index (χ0n) is 11.3. The second-order valence-electron chi connectivity index (χ2n) is 4.32. The van der Waals surface area contributed by atoms with Crippen molar-refractivity contribution in [3.8, 4) is 0 Å². The summed E-state index contributed by atoms with van der Waals surface area (Å²) in [6, 6.07) is 0. The third-order valence-electron chi connectivity index (χ3n) is 2.78. The minimum Gasteiger partial charge on any atom is -0.481 e. The summed E-state index contributed by atoms with van der Waals surface area (Å²) in [6.07, 6.45) is 0.0403. The van der Waals surface area contributed by atoms with Gasteiger partial charge in [0.2, 0.25) is 0 Å². The number of carboxylic acid groups (broad SMARTS) is 1. The molecule has 0 bridgehead atoms. The summed E-state index contributed by atoms with van der Waals surface area (Å²) in [7, 11) is 1.91. The van der Waals surface area contributed by atoms with E-state index in [1.54, 1.807) is 11.8 Å². The number of nitrogens with zero attached hydrogens (tertiary/aromatic N) is 3. The molecule has 0 amide bonds. The molecule has 20 heavy (non-hydrogen) atoms. The van der Waals surface area contributed by atoms with E-state index in [0.717, 1.165) is 36.5 Å². The average molecular weight is 376 g/mol. The molecule has 2 heterocycles. The lowest BCUT2D eigenvalue weighted by atomic mass is 10.3. The Hall–Kier alpha value is -0.860. The SMILES string of the molecule is Cc1nc(SCc2c(Br)c(C)nn2C)sc1CC(=O)O. The predicted octanol–water partition coefficient (Wildman–Crippen LogP) is 3.18. The van der Waals surface area contributed by atoms with Crippen LogP contribution in [0.4, 0.5) is 0 Å². The Bertz CT molecular complexity index is 651. The van der Waals surface area contributed by atoms with E-state index in [-0.39, 0.29) is 6.42 Å². The quantitative estimate of drug-likeness (QED) is 0.812. The number of carboxylic acids is 1. The Morgan fingerprint density at radius 1 is 1.45 bits per heavy atom. The van der Waals surface area contributed by atoms with Crippen molar-refractivity contribution < 1.29 is 9.90 Å². The average Bonchev–Trinajstić information content (AvgIpc) is 2.79. The van der Waals surface area contributed by atoms with Gasteiger partial charge in [-0.3, -0.25) is 9.48 Å². The van der Waals surface area contributed by atoms with Crippen LogP contribution in [0.5, 0.6) is 0 Å². The lowest BCUT2D eigenvalue weighted by Gasteiger charge is -2.00. The lowest BCUT2D eigenvalue weighted by molar-refractivity contribution is -0.136. The van der Waals surface area contributed by atoms with Crippen LogP contribution in [0.25, 0.3) is 0 Å². The Kier molecular flexibility index (Phi) is 4.87. The summed E-state index contributed by atoms with van der Waals surface area (Å²) in [6.45, 7) is 3.81. The highest BCUT2D eigenvalue weighted by atomic mass is 79.9. The first-order valence-electron chi connectivity index (χ1n) is 5.87. The van der Waals surface area contributed by atoms with Gasteiger partial charge in [-0.15, -0.1) is 11.3 Å². The molecule has 0 radical (unpaired) electrons. The zero-order valence-corrected chi connectivity index (χ0v) is 14.5. The maximum atomic E-state index is 10.8. The highest BCUT2D eigenvalue weighted by molar-refractivity contribution is 9.10. The van der Waals surface area contributed by atoms with Crippen LogP contribution < -0.4 is 0 Å². The fourth-order valence-electron chi connectivity index (χ4n) is 1.73. The molecule has 1 N–H and O–H groups in total. The number of aromatic nitrogens is 3. The monoisotopic (exact) mass is 375 g/mol. The van der Waals surface area contributed by atoms with Gasteiger partial charge < -0.3 is 5.11 Å². The molecule has 108 valence electrons. The fourth-order valence-corrected chi connectivity index (χ4v) is 4.68. The topological polar surface area (TPSA) is 68.0 Å². The number of thiazole rings is 1. The van der Waals surface area contributed by atoms with E-state index in [1.807, 2.05) is 25.6 Å². The molecule has 2 aromatic heterocycles. The Morgan fingerprint density at radius 3 is 2.70 bits per heavy atom. The molecular weight excluding hydrogens is 362 g/mol. The van der Waals surface area contributed by atoms with Crippen molar-refractivity contribution in [1.29, 1.82) is 0 Å². The van der Waals surface area contributed by atoms with Crippen LogP contribution in [-0.2, 0) is 24.0 Å². The number of rotatable bonds is 5. The number of halogens is 1.